The van der Waals surface area contributed by atoms with Gasteiger partial charge in [0.15, 0.2) is 0 Å². The lowest BCUT2D eigenvalue weighted by Gasteiger charge is -2.08. The number of ether oxygens (including phenoxy) is 1. The van der Waals surface area contributed by atoms with Crippen LogP contribution in [0.5, 0.6) is 5.75 Å². The van der Waals surface area contributed by atoms with Gasteiger partial charge in [-0.25, -0.2) is 4.98 Å². The number of H-pyrrole nitrogens is 1. The first-order chi connectivity index (χ1) is 8.44. The fraction of sp³-hybridized carbons (Fsp3) is 0.0909. The van der Waals surface area contributed by atoms with Crippen molar-refractivity contribution in [2.45, 2.75) is 6.36 Å². The first kappa shape index (κ1) is 12.2. The molecule has 7 heteroatoms. The third-order valence-electron chi connectivity index (χ3n) is 2.06. The number of benzene rings is 1. The van der Waals surface area contributed by atoms with Crippen LogP contribution in [-0.4, -0.2) is 16.3 Å². The van der Waals surface area contributed by atoms with Crippen molar-refractivity contribution < 1.29 is 17.9 Å². The molecule has 0 atom stereocenters. The number of aromatic amines is 1. The first-order valence-electron chi connectivity index (χ1n) is 4.85. The molecule has 1 heterocycles. The maximum atomic E-state index is 11.9. The fourth-order valence-electron chi connectivity index (χ4n) is 1.35. The highest BCUT2D eigenvalue weighted by Crippen LogP contribution is 2.25. The molecule has 2 rings (SSSR count). The minimum absolute atomic E-state index is 0.323. The number of hydrogen-bond acceptors (Lipinski definition) is 3. The molecular formula is C11H7F3N2O2. The van der Waals surface area contributed by atoms with Crippen LogP contribution in [0.15, 0.2) is 41.5 Å². The SMILES string of the molecule is O=c1cc(-c2ccc(OC(F)(F)F)cc2)nc[nH]1. The predicted molar refractivity (Wildman–Crippen MR) is 57.0 cm³/mol. The average molecular weight is 256 g/mol. The van der Waals surface area contributed by atoms with Crippen LogP contribution in [0.25, 0.3) is 11.3 Å². The second-order valence-corrected chi connectivity index (χ2v) is 3.37. The van der Waals surface area contributed by atoms with E-state index in [-0.39, 0.29) is 11.3 Å². The third kappa shape index (κ3) is 3.09. The van der Waals surface area contributed by atoms with E-state index < -0.39 is 6.36 Å². The Morgan fingerprint density at radius 3 is 2.39 bits per heavy atom. The van der Waals surface area contributed by atoms with E-state index in [2.05, 4.69) is 14.7 Å². The highest BCUT2D eigenvalue weighted by atomic mass is 19.4. The molecule has 0 bridgehead atoms. The van der Waals surface area contributed by atoms with Crippen LogP contribution in [0.1, 0.15) is 0 Å². The molecule has 18 heavy (non-hydrogen) atoms. The minimum Gasteiger partial charge on any atom is -0.406 e. The van der Waals surface area contributed by atoms with Gasteiger partial charge in [0, 0.05) is 11.6 Å². The van der Waals surface area contributed by atoms with Crippen molar-refractivity contribution in [2.75, 3.05) is 0 Å². The normalized spacial score (nSPS) is 11.3. The van der Waals surface area contributed by atoms with E-state index in [0.29, 0.717) is 11.3 Å². The number of alkyl halides is 3. The monoisotopic (exact) mass is 256 g/mol. The zero-order valence-electron chi connectivity index (χ0n) is 8.86. The number of aromatic nitrogens is 2. The van der Waals surface area contributed by atoms with Gasteiger partial charge < -0.3 is 9.72 Å². The highest BCUT2D eigenvalue weighted by Gasteiger charge is 2.30. The molecule has 1 N–H and O–H groups in total. The van der Waals surface area contributed by atoms with E-state index in [1.54, 1.807) is 0 Å². The standard InChI is InChI=1S/C11H7F3N2O2/c12-11(13,14)18-8-3-1-7(2-4-8)9-5-10(17)16-6-15-9/h1-6H,(H,15,16,17). The smallest absolute Gasteiger partial charge is 0.406 e. The van der Waals surface area contributed by atoms with E-state index in [4.69, 9.17) is 0 Å². The molecule has 0 saturated heterocycles. The summed E-state index contributed by atoms with van der Waals surface area (Å²) in [4.78, 5) is 17.3. The molecule has 0 radical (unpaired) electrons. The topological polar surface area (TPSA) is 55.0 Å². The van der Waals surface area contributed by atoms with Gasteiger partial charge in [0.05, 0.1) is 12.0 Å². The molecule has 2 aromatic rings. The summed E-state index contributed by atoms with van der Waals surface area (Å²) in [5.41, 5.74) is 0.559. The van der Waals surface area contributed by atoms with Gasteiger partial charge in [-0.3, -0.25) is 4.79 Å². The molecule has 1 aromatic carbocycles. The summed E-state index contributed by atoms with van der Waals surface area (Å²) in [6.45, 7) is 0. The molecule has 4 nitrogen and oxygen atoms in total. The van der Waals surface area contributed by atoms with Crippen molar-refractivity contribution in [3.8, 4) is 17.0 Å². The van der Waals surface area contributed by atoms with E-state index in [0.717, 1.165) is 12.1 Å². The molecule has 0 aliphatic heterocycles. The summed E-state index contributed by atoms with van der Waals surface area (Å²) in [5, 5.41) is 0. The number of hydrogen-bond donors (Lipinski definition) is 1. The van der Waals surface area contributed by atoms with Gasteiger partial charge in [-0.15, -0.1) is 13.2 Å². The van der Waals surface area contributed by atoms with Gasteiger partial charge in [-0.05, 0) is 24.3 Å². The molecule has 0 unspecified atom stereocenters. The van der Waals surface area contributed by atoms with Crippen LogP contribution in [0.2, 0.25) is 0 Å². The average Bonchev–Trinajstić information content (AvgIpc) is 2.28. The van der Waals surface area contributed by atoms with Crippen molar-refractivity contribution in [3.63, 3.8) is 0 Å². The Kier molecular flexibility index (Phi) is 3.05. The molecular weight excluding hydrogens is 249 g/mol. The molecule has 0 aliphatic carbocycles. The van der Waals surface area contributed by atoms with E-state index >= 15 is 0 Å². The highest BCUT2D eigenvalue weighted by molar-refractivity contribution is 5.59. The Hall–Kier alpha value is -2.31. The zero-order valence-corrected chi connectivity index (χ0v) is 8.86. The van der Waals surface area contributed by atoms with Crippen molar-refractivity contribution in [1.82, 2.24) is 9.97 Å². The van der Waals surface area contributed by atoms with Gasteiger partial charge in [0.2, 0.25) is 0 Å². The van der Waals surface area contributed by atoms with Crippen LogP contribution < -0.4 is 10.3 Å². The molecule has 0 spiro atoms. The maximum absolute atomic E-state index is 11.9. The van der Waals surface area contributed by atoms with Gasteiger partial charge in [0.25, 0.3) is 5.56 Å². The van der Waals surface area contributed by atoms with Crippen LogP contribution in [0, 0.1) is 0 Å². The van der Waals surface area contributed by atoms with E-state index in [1.165, 1.54) is 24.5 Å². The minimum atomic E-state index is -4.72. The van der Waals surface area contributed by atoms with Crippen molar-refractivity contribution in [3.05, 3.63) is 47.0 Å². The molecule has 0 fully saturated rings. The Balaban J connectivity index is 2.25. The van der Waals surface area contributed by atoms with Gasteiger partial charge in [-0.2, -0.15) is 0 Å². The Bertz CT molecular complexity index is 590. The first-order valence-corrected chi connectivity index (χ1v) is 4.85. The van der Waals surface area contributed by atoms with E-state index in [9.17, 15) is 18.0 Å². The van der Waals surface area contributed by atoms with Crippen LogP contribution in [0.3, 0.4) is 0 Å². The van der Waals surface area contributed by atoms with Crippen molar-refractivity contribution in [2.24, 2.45) is 0 Å². The largest absolute Gasteiger partial charge is 0.573 e. The van der Waals surface area contributed by atoms with Crippen LogP contribution in [0.4, 0.5) is 13.2 Å². The van der Waals surface area contributed by atoms with E-state index in [1.807, 2.05) is 0 Å². The molecule has 0 aliphatic rings. The summed E-state index contributed by atoms with van der Waals surface area (Å²) in [6, 6.07) is 6.35. The van der Waals surface area contributed by atoms with Crippen LogP contribution in [-0.2, 0) is 0 Å². The number of halogens is 3. The summed E-state index contributed by atoms with van der Waals surface area (Å²) in [5.74, 6) is -0.323. The van der Waals surface area contributed by atoms with Crippen LogP contribution >= 0.6 is 0 Å². The lowest BCUT2D eigenvalue weighted by molar-refractivity contribution is -0.274. The van der Waals surface area contributed by atoms with Gasteiger partial charge in [0.1, 0.15) is 5.75 Å². The predicted octanol–water partition coefficient (Wildman–Crippen LogP) is 2.34. The zero-order chi connectivity index (χ0) is 13.2. The summed E-state index contributed by atoms with van der Waals surface area (Å²) in [7, 11) is 0. The summed E-state index contributed by atoms with van der Waals surface area (Å²) in [6.07, 6.45) is -3.50. The number of nitrogens with zero attached hydrogens (tertiary/aromatic N) is 1. The molecule has 0 amide bonds. The lowest BCUT2D eigenvalue weighted by atomic mass is 10.1. The third-order valence-corrected chi connectivity index (χ3v) is 2.06. The Morgan fingerprint density at radius 2 is 1.83 bits per heavy atom. The quantitative estimate of drug-likeness (QED) is 0.897. The molecule has 94 valence electrons. The Labute approximate surface area is 99.1 Å². The maximum Gasteiger partial charge on any atom is 0.573 e. The van der Waals surface area contributed by atoms with Gasteiger partial charge in [-0.1, -0.05) is 0 Å². The van der Waals surface area contributed by atoms with Crippen molar-refractivity contribution >= 4 is 0 Å². The Morgan fingerprint density at radius 1 is 1.17 bits per heavy atom. The lowest BCUT2D eigenvalue weighted by Crippen LogP contribution is -2.16. The summed E-state index contributed by atoms with van der Waals surface area (Å²) >= 11 is 0. The van der Waals surface area contributed by atoms with Crippen molar-refractivity contribution in [1.29, 1.82) is 0 Å². The number of rotatable bonds is 2. The van der Waals surface area contributed by atoms with Gasteiger partial charge >= 0.3 is 6.36 Å². The molecule has 1 aromatic heterocycles. The second kappa shape index (κ2) is 4.52. The molecule has 0 saturated carbocycles. The fourth-order valence-corrected chi connectivity index (χ4v) is 1.35. The number of nitrogens with one attached hydrogen (secondary N) is 1. The second-order valence-electron chi connectivity index (χ2n) is 3.37. The summed E-state index contributed by atoms with van der Waals surface area (Å²) < 4.78 is 39.5.